The highest BCUT2D eigenvalue weighted by atomic mass is 19.1. The van der Waals surface area contributed by atoms with Gasteiger partial charge in [-0.2, -0.15) is 0 Å². The van der Waals surface area contributed by atoms with Crippen molar-refractivity contribution in [2.75, 3.05) is 5.32 Å². The van der Waals surface area contributed by atoms with Gasteiger partial charge in [-0.05, 0) is 62.3 Å². The molecule has 1 aromatic rings. The van der Waals surface area contributed by atoms with Crippen LogP contribution in [-0.4, -0.2) is 18.0 Å². The van der Waals surface area contributed by atoms with Gasteiger partial charge in [0.2, 0.25) is 5.91 Å². The first-order chi connectivity index (χ1) is 9.60. The van der Waals surface area contributed by atoms with Gasteiger partial charge in [0.25, 0.3) is 0 Å². The second-order valence-electron chi connectivity index (χ2n) is 6.19. The van der Waals surface area contributed by atoms with Gasteiger partial charge in [0.15, 0.2) is 0 Å². The largest absolute Gasteiger partial charge is 0.326 e. The van der Waals surface area contributed by atoms with E-state index in [1.54, 1.807) is 6.07 Å². The van der Waals surface area contributed by atoms with Crippen LogP contribution in [0.4, 0.5) is 10.1 Å². The van der Waals surface area contributed by atoms with E-state index in [-0.39, 0.29) is 11.7 Å². The minimum Gasteiger partial charge on any atom is -0.326 e. The van der Waals surface area contributed by atoms with Crippen LogP contribution in [0.1, 0.15) is 37.7 Å². The number of fused-ring (bicyclic) bond motifs is 2. The SMILES string of the molecule is Cc1cc(F)ccc1NC(=O)CC1CC2CCC(C1)N2. The highest BCUT2D eigenvalue weighted by Gasteiger charge is 2.34. The van der Waals surface area contributed by atoms with Crippen molar-refractivity contribution in [3.8, 4) is 0 Å². The molecule has 0 aromatic heterocycles. The van der Waals surface area contributed by atoms with Crippen LogP contribution in [0, 0.1) is 18.7 Å². The van der Waals surface area contributed by atoms with Crippen molar-refractivity contribution >= 4 is 11.6 Å². The lowest BCUT2D eigenvalue weighted by atomic mass is 9.89. The van der Waals surface area contributed by atoms with Crippen molar-refractivity contribution in [1.82, 2.24) is 5.32 Å². The van der Waals surface area contributed by atoms with Crippen molar-refractivity contribution in [1.29, 1.82) is 0 Å². The monoisotopic (exact) mass is 276 g/mol. The molecule has 2 atom stereocenters. The molecule has 2 aliphatic heterocycles. The van der Waals surface area contributed by atoms with Crippen molar-refractivity contribution in [3.05, 3.63) is 29.6 Å². The molecule has 108 valence electrons. The first-order valence-corrected chi connectivity index (χ1v) is 7.42. The zero-order chi connectivity index (χ0) is 14.1. The Morgan fingerprint density at radius 2 is 2.05 bits per heavy atom. The number of nitrogens with one attached hydrogen (secondary N) is 2. The number of aryl methyl sites for hydroxylation is 1. The van der Waals surface area contributed by atoms with Crippen LogP contribution in [0.2, 0.25) is 0 Å². The average Bonchev–Trinajstić information content (AvgIpc) is 2.72. The molecule has 3 nitrogen and oxygen atoms in total. The number of rotatable bonds is 3. The lowest BCUT2D eigenvalue weighted by Gasteiger charge is -2.28. The maximum absolute atomic E-state index is 13.0. The molecule has 0 saturated carbocycles. The highest BCUT2D eigenvalue weighted by Crippen LogP contribution is 2.32. The Balaban J connectivity index is 1.57. The van der Waals surface area contributed by atoms with Crippen molar-refractivity contribution < 1.29 is 9.18 Å². The Morgan fingerprint density at radius 3 is 2.70 bits per heavy atom. The Labute approximate surface area is 118 Å². The predicted octanol–water partition coefficient (Wildman–Crippen LogP) is 2.99. The Morgan fingerprint density at radius 1 is 1.35 bits per heavy atom. The number of amides is 1. The van der Waals surface area contributed by atoms with E-state index in [1.165, 1.54) is 25.0 Å². The van der Waals surface area contributed by atoms with E-state index in [1.807, 2.05) is 6.92 Å². The Hall–Kier alpha value is -1.42. The molecule has 3 rings (SSSR count). The Kier molecular flexibility index (Phi) is 3.74. The van der Waals surface area contributed by atoms with Gasteiger partial charge >= 0.3 is 0 Å². The molecule has 2 unspecified atom stereocenters. The maximum atomic E-state index is 13.0. The summed E-state index contributed by atoms with van der Waals surface area (Å²) < 4.78 is 13.0. The standard InChI is InChI=1S/C16H21FN2O/c1-10-6-12(17)2-5-15(10)19-16(20)9-11-7-13-3-4-14(8-11)18-13/h2,5-6,11,13-14,18H,3-4,7-9H2,1H3,(H,19,20). The van der Waals surface area contributed by atoms with Gasteiger partial charge in [-0.3, -0.25) is 4.79 Å². The number of carbonyl (C=O) groups excluding carboxylic acids is 1. The molecule has 1 aromatic carbocycles. The fraction of sp³-hybridized carbons (Fsp3) is 0.562. The number of piperidine rings is 1. The molecule has 0 aliphatic carbocycles. The van der Waals surface area contributed by atoms with Gasteiger partial charge in [0, 0.05) is 24.2 Å². The highest BCUT2D eigenvalue weighted by molar-refractivity contribution is 5.91. The van der Waals surface area contributed by atoms with E-state index < -0.39 is 0 Å². The first-order valence-electron chi connectivity index (χ1n) is 7.42. The molecule has 2 bridgehead atoms. The normalized spacial score (nSPS) is 28.4. The van der Waals surface area contributed by atoms with E-state index in [0.29, 0.717) is 30.1 Å². The minimum absolute atomic E-state index is 0.0472. The van der Waals surface area contributed by atoms with Gasteiger partial charge in [0.1, 0.15) is 5.82 Å². The van der Waals surface area contributed by atoms with Gasteiger partial charge < -0.3 is 10.6 Å². The lowest BCUT2D eigenvalue weighted by molar-refractivity contribution is -0.117. The molecule has 2 heterocycles. The number of carbonyl (C=O) groups is 1. The van der Waals surface area contributed by atoms with Crippen LogP contribution in [0.15, 0.2) is 18.2 Å². The molecule has 0 radical (unpaired) electrons. The van der Waals surface area contributed by atoms with E-state index in [9.17, 15) is 9.18 Å². The van der Waals surface area contributed by atoms with Crippen LogP contribution in [0.5, 0.6) is 0 Å². The minimum atomic E-state index is -0.268. The molecule has 4 heteroatoms. The summed E-state index contributed by atoms with van der Waals surface area (Å²) in [7, 11) is 0. The van der Waals surface area contributed by atoms with Crippen molar-refractivity contribution in [2.45, 2.75) is 51.1 Å². The molecule has 20 heavy (non-hydrogen) atoms. The van der Waals surface area contributed by atoms with Crippen LogP contribution >= 0.6 is 0 Å². The van der Waals surface area contributed by atoms with Crippen LogP contribution in [-0.2, 0) is 4.79 Å². The quantitative estimate of drug-likeness (QED) is 0.891. The topological polar surface area (TPSA) is 41.1 Å². The summed E-state index contributed by atoms with van der Waals surface area (Å²) in [5.74, 6) is 0.260. The summed E-state index contributed by atoms with van der Waals surface area (Å²) in [4.78, 5) is 12.1. The second kappa shape index (κ2) is 5.52. The van der Waals surface area contributed by atoms with Crippen LogP contribution in [0.3, 0.4) is 0 Å². The molecular weight excluding hydrogens is 255 g/mol. The zero-order valence-corrected chi connectivity index (χ0v) is 11.8. The fourth-order valence-corrected chi connectivity index (χ4v) is 3.57. The predicted molar refractivity (Wildman–Crippen MR) is 77.1 cm³/mol. The Bertz CT molecular complexity index is 505. The van der Waals surface area contributed by atoms with Crippen LogP contribution in [0.25, 0.3) is 0 Å². The number of halogens is 1. The number of hydrogen-bond donors (Lipinski definition) is 2. The molecule has 2 saturated heterocycles. The van der Waals surface area contributed by atoms with Crippen molar-refractivity contribution in [3.63, 3.8) is 0 Å². The lowest BCUT2D eigenvalue weighted by Crippen LogP contribution is -2.39. The molecule has 2 aliphatic rings. The average molecular weight is 276 g/mol. The molecule has 1 amide bonds. The molecular formula is C16H21FN2O. The van der Waals surface area contributed by atoms with Crippen molar-refractivity contribution in [2.24, 2.45) is 5.92 Å². The fourth-order valence-electron chi connectivity index (χ4n) is 3.57. The first kappa shape index (κ1) is 13.6. The summed E-state index contributed by atoms with van der Waals surface area (Å²) in [5.41, 5.74) is 1.48. The number of anilines is 1. The van der Waals surface area contributed by atoms with E-state index >= 15 is 0 Å². The molecule has 2 N–H and O–H groups in total. The van der Waals surface area contributed by atoms with Gasteiger partial charge in [-0.1, -0.05) is 0 Å². The summed E-state index contributed by atoms with van der Waals surface area (Å²) in [6, 6.07) is 5.68. The molecule has 2 fully saturated rings. The van der Waals surface area contributed by atoms with E-state index in [0.717, 1.165) is 18.4 Å². The smallest absolute Gasteiger partial charge is 0.224 e. The maximum Gasteiger partial charge on any atom is 0.224 e. The van der Waals surface area contributed by atoms with Gasteiger partial charge in [0.05, 0.1) is 0 Å². The third kappa shape index (κ3) is 3.01. The number of benzene rings is 1. The summed E-state index contributed by atoms with van der Waals surface area (Å²) in [6.07, 6.45) is 5.28. The third-order valence-electron chi connectivity index (χ3n) is 4.51. The van der Waals surface area contributed by atoms with E-state index in [2.05, 4.69) is 10.6 Å². The third-order valence-corrected chi connectivity index (χ3v) is 4.51. The van der Waals surface area contributed by atoms with Gasteiger partial charge in [-0.15, -0.1) is 0 Å². The van der Waals surface area contributed by atoms with Gasteiger partial charge in [-0.25, -0.2) is 4.39 Å². The van der Waals surface area contributed by atoms with Crippen LogP contribution < -0.4 is 10.6 Å². The van der Waals surface area contributed by atoms with E-state index in [4.69, 9.17) is 0 Å². The summed E-state index contributed by atoms with van der Waals surface area (Å²) in [5, 5.41) is 6.49. The summed E-state index contributed by atoms with van der Waals surface area (Å²) >= 11 is 0. The summed E-state index contributed by atoms with van der Waals surface area (Å²) in [6.45, 7) is 1.81. The zero-order valence-electron chi connectivity index (χ0n) is 11.8. The second-order valence-corrected chi connectivity index (χ2v) is 6.19. The number of hydrogen-bond acceptors (Lipinski definition) is 2. The molecule has 0 spiro atoms.